The Hall–Kier alpha value is -4.75. The first-order valence-electron chi connectivity index (χ1n) is 12.2. The Kier molecular flexibility index (Phi) is 10.5. The molecule has 0 bridgehead atoms. The minimum Gasteiger partial charge on any atom is -0.397 e. The number of nitrogens with one attached hydrogen (secondary N) is 1. The Morgan fingerprint density at radius 3 is 2.23 bits per heavy atom. The maximum Gasteiger partial charge on any atom is 0.423 e. The number of nitrogen functional groups attached to an aromatic ring is 2. The molecule has 44 heavy (non-hydrogen) atoms. The molecule has 0 fully saturated rings. The first-order chi connectivity index (χ1) is 20.5. The summed E-state index contributed by atoms with van der Waals surface area (Å²) in [4.78, 5) is 34.3. The van der Waals surface area contributed by atoms with Gasteiger partial charge >= 0.3 is 19.0 Å². The molecule has 11 nitrogen and oxygen atoms in total. The zero-order chi connectivity index (χ0) is 32.8. The number of anilines is 2. The van der Waals surface area contributed by atoms with Crippen LogP contribution >= 0.6 is 0 Å². The van der Waals surface area contributed by atoms with Gasteiger partial charge in [-0.05, 0) is 31.4 Å². The number of hydrogen-bond donors (Lipinski definition) is 3. The number of benzene rings is 1. The fraction of sp³-hybridized carbons (Fsp3) is 0.333. The topological polar surface area (TPSA) is 168 Å². The van der Waals surface area contributed by atoms with Crippen molar-refractivity contribution in [3.63, 3.8) is 0 Å². The predicted molar refractivity (Wildman–Crippen MR) is 136 cm³/mol. The molecule has 5 N–H and O–H groups in total. The molecule has 0 saturated carbocycles. The summed E-state index contributed by atoms with van der Waals surface area (Å²) >= 11 is 0. The first-order valence-corrected chi connectivity index (χ1v) is 12.2. The number of aromatic nitrogens is 6. The van der Waals surface area contributed by atoms with E-state index in [2.05, 4.69) is 24.8 Å². The molecule has 0 spiro atoms. The highest BCUT2D eigenvalue weighted by Crippen LogP contribution is 2.33. The number of aryl methyl sites for hydroxylation is 1. The van der Waals surface area contributed by atoms with E-state index in [1.807, 2.05) is 0 Å². The van der Waals surface area contributed by atoms with Crippen molar-refractivity contribution in [2.75, 3.05) is 18.1 Å². The molecule has 3 heterocycles. The van der Waals surface area contributed by atoms with Crippen LogP contribution in [-0.4, -0.2) is 42.9 Å². The predicted octanol–water partition coefficient (Wildman–Crippen LogP) is 4.37. The summed E-state index contributed by atoms with van der Waals surface area (Å²) < 4.78 is 118. The lowest BCUT2D eigenvalue weighted by Gasteiger charge is -2.11. The van der Waals surface area contributed by atoms with Gasteiger partial charge in [0.2, 0.25) is 0 Å². The molecule has 0 saturated heterocycles. The van der Waals surface area contributed by atoms with Gasteiger partial charge in [0, 0.05) is 12.7 Å². The van der Waals surface area contributed by atoms with E-state index < -0.39 is 58.5 Å². The van der Waals surface area contributed by atoms with Crippen molar-refractivity contribution in [2.24, 2.45) is 0 Å². The number of fused-ring (bicyclic) bond motifs is 1. The van der Waals surface area contributed by atoms with Gasteiger partial charge in [-0.1, -0.05) is 0 Å². The van der Waals surface area contributed by atoms with Crippen LogP contribution in [0, 0.1) is 5.82 Å². The Morgan fingerprint density at radius 2 is 1.66 bits per heavy atom. The number of alkyl halides is 8. The summed E-state index contributed by atoms with van der Waals surface area (Å²) in [5.41, 5.74) is 4.88. The maximum absolute atomic E-state index is 14.6. The standard InChI is InChI=1S/C19H17F6N5O2.C5H4F3N3O/c20-13-6-11-14(7-10(13)16-27-8-12(15(26)29-16)19(23,24)25)28-9-30(17(11)31)4-2-1-3-5-32-18(21)22;6-5(7,8)3-2(9)1-10-11-4(3)12/h6-9,18H,1-5H2,(H2,26,27,29);1H,(H3,9,11,12). The first kappa shape index (κ1) is 33.7. The molecular weight excluding hydrogens is 619 g/mol. The quantitative estimate of drug-likeness (QED) is 0.187. The van der Waals surface area contributed by atoms with E-state index in [-0.39, 0.29) is 35.4 Å². The lowest BCUT2D eigenvalue weighted by molar-refractivity contribution is -0.138. The molecule has 4 aromatic rings. The second kappa shape index (κ2) is 13.7. The van der Waals surface area contributed by atoms with Gasteiger partial charge in [-0.3, -0.25) is 14.2 Å². The van der Waals surface area contributed by atoms with Gasteiger partial charge in [0.1, 0.15) is 22.8 Å². The average Bonchev–Trinajstić information content (AvgIpc) is 2.90. The van der Waals surface area contributed by atoms with Crippen LogP contribution in [0.25, 0.3) is 22.3 Å². The van der Waals surface area contributed by atoms with Crippen molar-refractivity contribution >= 4 is 22.4 Å². The van der Waals surface area contributed by atoms with Crippen molar-refractivity contribution in [3.05, 3.63) is 68.5 Å². The average molecular weight is 640 g/mol. The number of rotatable bonds is 8. The second-order valence-corrected chi connectivity index (χ2v) is 8.80. The molecule has 0 unspecified atom stereocenters. The second-order valence-electron chi connectivity index (χ2n) is 8.80. The molecule has 0 aliphatic carbocycles. The van der Waals surface area contributed by atoms with E-state index in [4.69, 9.17) is 11.5 Å². The van der Waals surface area contributed by atoms with Gasteiger partial charge in [0.15, 0.2) is 5.82 Å². The monoisotopic (exact) mass is 640 g/mol. The summed E-state index contributed by atoms with van der Waals surface area (Å²) in [7, 11) is 0. The molecular formula is C24H21F9N8O3. The van der Waals surface area contributed by atoms with E-state index in [9.17, 15) is 49.1 Å². The number of ether oxygens (including phenoxy) is 1. The Labute approximate surface area is 239 Å². The van der Waals surface area contributed by atoms with Crippen LogP contribution in [0.4, 0.5) is 51.0 Å². The molecule has 238 valence electrons. The number of hydrogen-bond acceptors (Lipinski definition) is 9. The largest absolute Gasteiger partial charge is 0.423 e. The van der Waals surface area contributed by atoms with Crippen molar-refractivity contribution in [3.8, 4) is 11.4 Å². The Morgan fingerprint density at radius 1 is 0.955 bits per heavy atom. The molecule has 3 aromatic heterocycles. The normalized spacial score (nSPS) is 12.0. The molecule has 0 atom stereocenters. The molecule has 0 aliphatic rings. The summed E-state index contributed by atoms with van der Waals surface area (Å²) in [5, 5.41) is 4.69. The van der Waals surface area contributed by atoms with Gasteiger partial charge in [0.05, 0.1) is 41.3 Å². The van der Waals surface area contributed by atoms with E-state index in [0.717, 1.165) is 18.3 Å². The lowest BCUT2D eigenvalue weighted by atomic mass is 10.1. The third-order valence-corrected chi connectivity index (χ3v) is 5.73. The molecule has 0 radical (unpaired) electrons. The van der Waals surface area contributed by atoms with E-state index in [1.165, 1.54) is 10.9 Å². The van der Waals surface area contributed by atoms with E-state index >= 15 is 0 Å². The van der Waals surface area contributed by atoms with Crippen molar-refractivity contribution in [1.29, 1.82) is 0 Å². The maximum atomic E-state index is 14.6. The van der Waals surface area contributed by atoms with Gasteiger partial charge in [-0.25, -0.2) is 24.4 Å². The van der Waals surface area contributed by atoms with Gasteiger partial charge in [-0.2, -0.15) is 40.2 Å². The molecule has 0 aliphatic heterocycles. The smallest absolute Gasteiger partial charge is 0.397 e. The van der Waals surface area contributed by atoms with Crippen molar-refractivity contribution in [2.45, 2.75) is 44.8 Å². The van der Waals surface area contributed by atoms with Crippen LogP contribution in [-0.2, 0) is 23.6 Å². The van der Waals surface area contributed by atoms with E-state index in [1.54, 1.807) is 5.10 Å². The highest BCUT2D eigenvalue weighted by molar-refractivity contribution is 5.82. The highest BCUT2D eigenvalue weighted by Gasteiger charge is 2.36. The zero-order valence-corrected chi connectivity index (χ0v) is 22.0. The fourth-order valence-electron chi connectivity index (χ4n) is 3.69. The molecule has 20 heteroatoms. The zero-order valence-electron chi connectivity index (χ0n) is 22.0. The summed E-state index contributed by atoms with van der Waals surface area (Å²) in [5.74, 6) is -2.17. The number of H-pyrrole nitrogens is 1. The third kappa shape index (κ3) is 8.42. The SMILES string of the molecule is Nc1cn[nH]c(=O)c1C(F)(F)F.Nc1nc(-c2cc3ncn(CCCCCOC(F)F)c(=O)c3cc2F)ncc1C(F)(F)F. The van der Waals surface area contributed by atoms with Crippen LogP contribution in [0.3, 0.4) is 0 Å². The Bertz CT molecular complexity index is 1720. The number of aromatic amines is 1. The lowest BCUT2D eigenvalue weighted by Crippen LogP contribution is -2.24. The number of unbranched alkanes of at least 4 members (excludes halogenated alkanes) is 2. The Balaban J connectivity index is 0.000000369. The van der Waals surface area contributed by atoms with Crippen LogP contribution in [0.1, 0.15) is 30.4 Å². The highest BCUT2D eigenvalue weighted by atomic mass is 19.4. The molecule has 1 aromatic carbocycles. The summed E-state index contributed by atoms with van der Waals surface area (Å²) in [6, 6.07) is 2.06. The fourth-order valence-corrected chi connectivity index (χ4v) is 3.69. The van der Waals surface area contributed by atoms with Crippen LogP contribution in [0.5, 0.6) is 0 Å². The minimum atomic E-state index is -4.76. The molecule has 4 rings (SSSR count). The van der Waals surface area contributed by atoms with Gasteiger partial charge in [0.25, 0.3) is 11.1 Å². The van der Waals surface area contributed by atoms with Gasteiger partial charge in [-0.15, -0.1) is 0 Å². The minimum absolute atomic E-state index is 0.0466. The van der Waals surface area contributed by atoms with Gasteiger partial charge < -0.3 is 16.2 Å². The van der Waals surface area contributed by atoms with E-state index in [0.29, 0.717) is 25.5 Å². The third-order valence-electron chi connectivity index (χ3n) is 5.73. The molecule has 0 amide bonds. The van der Waals surface area contributed by atoms with Crippen molar-refractivity contribution in [1.82, 2.24) is 29.7 Å². The van der Waals surface area contributed by atoms with Crippen LogP contribution < -0.4 is 22.6 Å². The summed E-state index contributed by atoms with van der Waals surface area (Å²) in [6.45, 7) is -2.70. The number of nitrogens with zero attached hydrogens (tertiary/aromatic N) is 5. The van der Waals surface area contributed by atoms with Crippen molar-refractivity contribution < 1.29 is 44.3 Å². The number of nitrogens with two attached hydrogens (primary N) is 2. The van der Waals surface area contributed by atoms with Crippen LogP contribution in [0.15, 0.2) is 40.4 Å². The van der Waals surface area contributed by atoms with Crippen LogP contribution in [0.2, 0.25) is 0 Å². The summed E-state index contributed by atoms with van der Waals surface area (Å²) in [6.07, 6.45) is -5.66. The number of halogens is 9.